The van der Waals surface area contributed by atoms with Gasteiger partial charge in [-0.2, -0.15) is 0 Å². The third-order valence-corrected chi connectivity index (χ3v) is 6.34. The molecule has 2 aliphatic heterocycles. The molecule has 152 valence electrons. The maximum atomic E-state index is 13.2. The smallest absolute Gasteiger partial charge is 0.325 e. The molecule has 1 N–H and O–H groups in total. The maximum absolute atomic E-state index is 13.2. The molecule has 0 spiro atoms. The lowest BCUT2D eigenvalue weighted by Crippen LogP contribution is -2.40. The minimum atomic E-state index is -1.17. The Bertz CT molecular complexity index is 1160. The molecule has 5 rings (SSSR count). The van der Waals surface area contributed by atoms with Gasteiger partial charge in [0.1, 0.15) is 10.5 Å². The molecule has 0 saturated carbocycles. The molecule has 8 heteroatoms. The standard InChI is InChI=1S/C22H19N3O4S/c1-13-3-5-14(6-4-13)19-23-16(11-30-19)10-25-20(26)22(2,24-21(25)27)15-7-8-17-18(9-15)29-12-28-17/h3-9,11H,10,12H2,1-2H3,(H,24,27)/t22-/m1/s1. The summed E-state index contributed by atoms with van der Waals surface area (Å²) >= 11 is 1.49. The van der Waals surface area contributed by atoms with Crippen LogP contribution in [-0.2, 0) is 16.9 Å². The minimum absolute atomic E-state index is 0.118. The van der Waals surface area contributed by atoms with Crippen molar-refractivity contribution in [2.75, 3.05) is 6.79 Å². The van der Waals surface area contributed by atoms with Crippen LogP contribution in [0.25, 0.3) is 10.6 Å². The SMILES string of the molecule is Cc1ccc(-c2nc(CN3C(=O)N[C@](C)(c4ccc5c(c4)OCO5)C3=O)cs2)cc1. The number of fused-ring (bicyclic) bond motifs is 1. The van der Waals surface area contributed by atoms with Gasteiger partial charge in [-0.05, 0) is 31.5 Å². The van der Waals surface area contributed by atoms with E-state index < -0.39 is 11.6 Å². The van der Waals surface area contributed by atoms with Crippen LogP contribution >= 0.6 is 11.3 Å². The summed E-state index contributed by atoms with van der Waals surface area (Å²) < 4.78 is 10.7. The van der Waals surface area contributed by atoms with E-state index in [2.05, 4.69) is 10.3 Å². The zero-order valence-corrected chi connectivity index (χ0v) is 17.3. The normalized spacial score (nSPS) is 20.0. The van der Waals surface area contributed by atoms with Crippen molar-refractivity contribution in [2.45, 2.75) is 25.9 Å². The lowest BCUT2D eigenvalue weighted by molar-refractivity contribution is -0.131. The monoisotopic (exact) mass is 421 g/mol. The molecule has 1 aromatic heterocycles. The first-order valence-corrected chi connectivity index (χ1v) is 10.4. The molecule has 1 atom stereocenters. The zero-order chi connectivity index (χ0) is 20.9. The second-order valence-electron chi connectivity index (χ2n) is 7.52. The van der Waals surface area contributed by atoms with Gasteiger partial charge in [-0.1, -0.05) is 35.9 Å². The number of imide groups is 1. The molecule has 3 heterocycles. The summed E-state index contributed by atoms with van der Waals surface area (Å²) in [6, 6.07) is 12.9. The molecular formula is C22H19N3O4S. The molecule has 0 unspecified atom stereocenters. The summed E-state index contributed by atoms with van der Waals surface area (Å²) in [5.74, 6) is 0.870. The van der Waals surface area contributed by atoms with E-state index in [4.69, 9.17) is 9.47 Å². The van der Waals surface area contributed by atoms with Crippen molar-refractivity contribution in [1.82, 2.24) is 15.2 Å². The number of benzene rings is 2. The van der Waals surface area contributed by atoms with Crippen LogP contribution in [0.15, 0.2) is 47.8 Å². The van der Waals surface area contributed by atoms with E-state index in [-0.39, 0.29) is 19.2 Å². The van der Waals surface area contributed by atoms with Crippen LogP contribution in [0.1, 0.15) is 23.7 Å². The predicted octanol–water partition coefficient (Wildman–Crippen LogP) is 3.81. The Kier molecular flexibility index (Phi) is 4.25. The Morgan fingerprint density at radius 3 is 2.70 bits per heavy atom. The van der Waals surface area contributed by atoms with E-state index in [9.17, 15) is 9.59 Å². The summed E-state index contributed by atoms with van der Waals surface area (Å²) in [6.07, 6.45) is 0. The van der Waals surface area contributed by atoms with Gasteiger partial charge >= 0.3 is 6.03 Å². The van der Waals surface area contributed by atoms with Gasteiger partial charge in [0.25, 0.3) is 5.91 Å². The van der Waals surface area contributed by atoms with Crippen LogP contribution in [0.5, 0.6) is 11.5 Å². The number of amides is 3. The number of aromatic nitrogens is 1. The molecule has 30 heavy (non-hydrogen) atoms. The Morgan fingerprint density at radius 1 is 1.13 bits per heavy atom. The van der Waals surface area contributed by atoms with E-state index in [1.165, 1.54) is 21.8 Å². The van der Waals surface area contributed by atoms with Crippen molar-refractivity contribution in [3.8, 4) is 22.1 Å². The summed E-state index contributed by atoms with van der Waals surface area (Å²) in [4.78, 5) is 31.7. The number of thiazole rings is 1. The molecule has 3 aromatic rings. The fourth-order valence-corrected chi connectivity index (χ4v) is 4.43. The molecular weight excluding hydrogens is 402 g/mol. The molecule has 7 nitrogen and oxygen atoms in total. The van der Waals surface area contributed by atoms with E-state index in [1.807, 2.05) is 36.6 Å². The zero-order valence-electron chi connectivity index (χ0n) is 16.5. The van der Waals surface area contributed by atoms with Crippen molar-refractivity contribution in [3.05, 3.63) is 64.7 Å². The van der Waals surface area contributed by atoms with Crippen molar-refractivity contribution in [2.24, 2.45) is 0 Å². The number of nitrogens with one attached hydrogen (secondary N) is 1. The quantitative estimate of drug-likeness (QED) is 0.648. The largest absolute Gasteiger partial charge is 0.454 e. The fraction of sp³-hybridized carbons (Fsp3) is 0.227. The molecule has 0 bridgehead atoms. The van der Waals surface area contributed by atoms with Gasteiger partial charge in [0.05, 0.1) is 12.2 Å². The molecule has 1 fully saturated rings. The second kappa shape index (κ2) is 6.84. The topological polar surface area (TPSA) is 80.8 Å². The van der Waals surface area contributed by atoms with Crippen molar-refractivity contribution >= 4 is 23.3 Å². The summed E-state index contributed by atoms with van der Waals surface area (Å²) in [5, 5.41) is 5.56. The summed E-state index contributed by atoms with van der Waals surface area (Å²) in [7, 11) is 0. The number of carbonyl (C=O) groups excluding carboxylic acids is 2. The Morgan fingerprint density at radius 2 is 1.90 bits per heavy atom. The first kappa shape index (κ1) is 18.6. The lowest BCUT2D eigenvalue weighted by atomic mass is 9.91. The maximum Gasteiger partial charge on any atom is 0.325 e. The van der Waals surface area contributed by atoms with E-state index in [1.54, 1.807) is 25.1 Å². The Balaban J connectivity index is 1.38. The van der Waals surface area contributed by atoms with E-state index >= 15 is 0 Å². The number of aryl methyl sites for hydroxylation is 1. The molecule has 2 aromatic carbocycles. The third-order valence-electron chi connectivity index (χ3n) is 5.40. The van der Waals surface area contributed by atoms with Crippen LogP contribution < -0.4 is 14.8 Å². The average Bonchev–Trinajstić information content (AvgIpc) is 3.44. The molecule has 1 saturated heterocycles. The number of hydrogen-bond donors (Lipinski definition) is 1. The lowest BCUT2D eigenvalue weighted by Gasteiger charge is -2.22. The molecule has 0 radical (unpaired) electrons. The van der Waals surface area contributed by atoms with Gasteiger partial charge in [0.2, 0.25) is 6.79 Å². The predicted molar refractivity (Wildman–Crippen MR) is 111 cm³/mol. The van der Waals surface area contributed by atoms with Gasteiger partial charge in [0.15, 0.2) is 11.5 Å². The van der Waals surface area contributed by atoms with E-state index in [0.717, 1.165) is 10.6 Å². The number of rotatable bonds is 4. The highest BCUT2D eigenvalue weighted by molar-refractivity contribution is 7.13. The first-order valence-electron chi connectivity index (χ1n) is 9.50. The fourth-order valence-electron chi connectivity index (χ4n) is 3.61. The Hall–Kier alpha value is -3.39. The van der Waals surface area contributed by atoms with Crippen molar-refractivity contribution < 1.29 is 19.1 Å². The second-order valence-corrected chi connectivity index (χ2v) is 8.38. The average molecular weight is 421 g/mol. The molecule has 2 aliphatic rings. The third kappa shape index (κ3) is 3.00. The molecule has 0 aliphatic carbocycles. The number of carbonyl (C=O) groups is 2. The van der Waals surface area contributed by atoms with Gasteiger partial charge in [-0.25, -0.2) is 9.78 Å². The van der Waals surface area contributed by atoms with Crippen molar-refractivity contribution in [3.63, 3.8) is 0 Å². The van der Waals surface area contributed by atoms with Crippen LogP contribution in [0.2, 0.25) is 0 Å². The van der Waals surface area contributed by atoms with Gasteiger partial charge in [-0.15, -0.1) is 11.3 Å². The molecule has 3 amide bonds. The highest BCUT2D eigenvalue weighted by atomic mass is 32.1. The number of hydrogen-bond acceptors (Lipinski definition) is 6. The van der Waals surface area contributed by atoms with E-state index in [0.29, 0.717) is 22.8 Å². The van der Waals surface area contributed by atoms with Crippen LogP contribution in [0.3, 0.4) is 0 Å². The van der Waals surface area contributed by atoms with Gasteiger partial charge < -0.3 is 14.8 Å². The highest BCUT2D eigenvalue weighted by Crippen LogP contribution is 2.38. The van der Waals surface area contributed by atoms with Crippen LogP contribution in [0, 0.1) is 6.92 Å². The number of ether oxygens (including phenoxy) is 2. The number of nitrogens with zero attached hydrogens (tertiary/aromatic N) is 2. The van der Waals surface area contributed by atoms with Crippen molar-refractivity contribution in [1.29, 1.82) is 0 Å². The number of urea groups is 1. The highest BCUT2D eigenvalue weighted by Gasteiger charge is 2.49. The first-order chi connectivity index (χ1) is 14.4. The summed E-state index contributed by atoms with van der Waals surface area (Å²) in [6.45, 7) is 4.00. The van der Waals surface area contributed by atoms with Gasteiger partial charge in [-0.3, -0.25) is 9.69 Å². The Labute approximate surface area is 177 Å². The van der Waals surface area contributed by atoms with Crippen LogP contribution in [-0.4, -0.2) is 28.6 Å². The van der Waals surface area contributed by atoms with Gasteiger partial charge in [0, 0.05) is 10.9 Å². The minimum Gasteiger partial charge on any atom is -0.454 e. The van der Waals surface area contributed by atoms with Crippen LogP contribution in [0.4, 0.5) is 4.79 Å². The summed E-state index contributed by atoms with van der Waals surface area (Å²) in [5.41, 5.74) is 2.34.